The van der Waals surface area contributed by atoms with Crippen molar-refractivity contribution in [1.29, 1.82) is 0 Å². The predicted molar refractivity (Wildman–Crippen MR) is 119 cm³/mol. The van der Waals surface area contributed by atoms with Crippen LogP contribution in [-0.4, -0.2) is 47.5 Å². The third kappa shape index (κ3) is 5.01. The number of anilines is 1. The van der Waals surface area contributed by atoms with Crippen LogP contribution in [-0.2, 0) is 14.3 Å². The summed E-state index contributed by atoms with van der Waals surface area (Å²) in [5.74, 6) is -1.19. The number of amides is 2. The maximum atomic E-state index is 12.8. The van der Waals surface area contributed by atoms with Gasteiger partial charge < -0.3 is 24.8 Å². The molecular formula is C24H28N2O6. The third-order valence-corrected chi connectivity index (χ3v) is 5.54. The third-order valence-electron chi connectivity index (χ3n) is 5.54. The van der Waals surface area contributed by atoms with E-state index in [0.29, 0.717) is 17.2 Å². The fourth-order valence-electron chi connectivity index (χ4n) is 3.56. The zero-order valence-electron chi connectivity index (χ0n) is 18.7. The second kappa shape index (κ2) is 9.72. The molecule has 0 saturated heterocycles. The molecule has 3 rings (SSSR count). The maximum Gasteiger partial charge on any atom is 0.397 e. The van der Waals surface area contributed by atoms with Crippen LogP contribution >= 0.6 is 0 Å². The van der Waals surface area contributed by atoms with Crippen LogP contribution in [0.2, 0.25) is 0 Å². The molecule has 32 heavy (non-hydrogen) atoms. The lowest BCUT2D eigenvalue weighted by molar-refractivity contribution is -0.152. The van der Waals surface area contributed by atoms with Gasteiger partial charge in [0.25, 0.3) is 5.91 Å². The Bertz CT molecular complexity index is 1020. The van der Waals surface area contributed by atoms with Gasteiger partial charge in [-0.05, 0) is 81.5 Å². The first kappa shape index (κ1) is 23.1. The molecule has 1 fully saturated rings. The molecule has 2 aromatic rings. The lowest BCUT2D eigenvalue weighted by Gasteiger charge is -2.34. The van der Waals surface area contributed by atoms with E-state index in [-0.39, 0.29) is 29.9 Å². The molecule has 0 spiro atoms. The molecule has 0 radical (unpaired) electrons. The molecule has 1 saturated carbocycles. The quantitative estimate of drug-likeness (QED) is 0.521. The Morgan fingerprint density at radius 1 is 1.12 bits per heavy atom. The van der Waals surface area contributed by atoms with Crippen molar-refractivity contribution < 1.29 is 29.0 Å². The number of phenols is 1. The van der Waals surface area contributed by atoms with E-state index in [2.05, 4.69) is 5.32 Å². The van der Waals surface area contributed by atoms with Gasteiger partial charge in [-0.1, -0.05) is 0 Å². The number of nitrogens with one attached hydrogen (secondary N) is 1. The van der Waals surface area contributed by atoms with E-state index in [1.807, 2.05) is 0 Å². The Hall–Kier alpha value is -3.55. The summed E-state index contributed by atoms with van der Waals surface area (Å²) in [5, 5.41) is 12.7. The minimum atomic E-state index is -0.948. The number of esters is 1. The highest BCUT2D eigenvalue weighted by molar-refractivity contribution is 6.37. The van der Waals surface area contributed by atoms with E-state index < -0.39 is 11.9 Å². The van der Waals surface area contributed by atoms with Gasteiger partial charge in [0.05, 0.1) is 12.2 Å². The summed E-state index contributed by atoms with van der Waals surface area (Å²) in [5.41, 5.74) is 2.06. The van der Waals surface area contributed by atoms with Gasteiger partial charge in [-0.15, -0.1) is 0 Å². The van der Waals surface area contributed by atoms with Gasteiger partial charge in [0.15, 0.2) is 0 Å². The molecule has 0 atom stereocenters. The molecule has 170 valence electrons. The summed E-state index contributed by atoms with van der Waals surface area (Å²) in [4.78, 5) is 37.9. The van der Waals surface area contributed by atoms with Crippen molar-refractivity contribution in [2.75, 3.05) is 19.0 Å². The first-order valence-electron chi connectivity index (χ1n) is 10.6. The summed E-state index contributed by atoms with van der Waals surface area (Å²) >= 11 is 0. The number of aromatic hydroxyl groups is 1. The summed E-state index contributed by atoms with van der Waals surface area (Å²) < 4.78 is 10.7. The number of hydrogen-bond donors (Lipinski definition) is 2. The minimum Gasteiger partial charge on any atom is -0.507 e. The molecule has 0 unspecified atom stereocenters. The molecule has 2 amide bonds. The maximum absolute atomic E-state index is 12.8. The number of nitrogens with zero attached hydrogens (tertiary/aromatic N) is 1. The molecule has 1 aliphatic rings. The average Bonchev–Trinajstić information content (AvgIpc) is 2.70. The number of rotatable bonds is 6. The van der Waals surface area contributed by atoms with Crippen molar-refractivity contribution in [3.8, 4) is 17.2 Å². The van der Waals surface area contributed by atoms with E-state index in [1.54, 1.807) is 50.9 Å². The van der Waals surface area contributed by atoms with Crippen molar-refractivity contribution in [2.45, 2.75) is 46.1 Å². The molecular weight excluding hydrogens is 412 g/mol. The Morgan fingerprint density at radius 2 is 1.78 bits per heavy atom. The van der Waals surface area contributed by atoms with Gasteiger partial charge in [0, 0.05) is 18.8 Å². The molecule has 8 nitrogen and oxygen atoms in total. The van der Waals surface area contributed by atoms with Gasteiger partial charge in [0.1, 0.15) is 17.2 Å². The van der Waals surface area contributed by atoms with Crippen LogP contribution in [0.15, 0.2) is 30.3 Å². The fraction of sp³-hybridized carbons (Fsp3) is 0.375. The Labute approximate surface area is 187 Å². The Morgan fingerprint density at radius 3 is 2.34 bits per heavy atom. The van der Waals surface area contributed by atoms with Gasteiger partial charge in [-0.25, -0.2) is 4.79 Å². The monoisotopic (exact) mass is 440 g/mol. The van der Waals surface area contributed by atoms with Crippen molar-refractivity contribution in [3.63, 3.8) is 0 Å². The summed E-state index contributed by atoms with van der Waals surface area (Å²) in [6.07, 6.45) is 3.04. The number of carbonyl (C=O) groups is 3. The summed E-state index contributed by atoms with van der Waals surface area (Å²) in [6, 6.07) is 8.11. The molecule has 0 heterocycles. The Kier molecular flexibility index (Phi) is 7.02. The standard InChI is InChI=1S/C24H28N2O6/c1-5-31-24(30)22(28)25-16-11-14(2)21(15(3)12-16)32-18-9-10-20(27)19(13-18)23(29)26(4)17-7-6-8-17/h9-13,17,27H,5-8H2,1-4H3,(H,25,28). The van der Waals surface area contributed by atoms with Crippen LogP contribution < -0.4 is 10.1 Å². The van der Waals surface area contributed by atoms with Crippen LogP contribution in [0.3, 0.4) is 0 Å². The van der Waals surface area contributed by atoms with E-state index in [0.717, 1.165) is 30.4 Å². The number of phenolic OH excluding ortho intramolecular Hbond substituents is 1. The van der Waals surface area contributed by atoms with Crippen molar-refractivity contribution in [1.82, 2.24) is 4.90 Å². The molecule has 8 heteroatoms. The minimum absolute atomic E-state index is 0.0982. The first-order valence-corrected chi connectivity index (χ1v) is 10.6. The van der Waals surface area contributed by atoms with Crippen LogP contribution in [0.4, 0.5) is 5.69 Å². The molecule has 1 aliphatic carbocycles. The highest BCUT2D eigenvalue weighted by atomic mass is 16.5. The van der Waals surface area contributed by atoms with Crippen LogP contribution in [0.5, 0.6) is 17.2 Å². The van der Waals surface area contributed by atoms with Gasteiger partial charge >= 0.3 is 11.9 Å². The number of carbonyl (C=O) groups excluding carboxylic acids is 3. The van der Waals surface area contributed by atoms with E-state index in [4.69, 9.17) is 9.47 Å². The predicted octanol–water partition coefficient (Wildman–Crippen LogP) is 3.93. The van der Waals surface area contributed by atoms with Crippen molar-refractivity contribution in [2.24, 2.45) is 0 Å². The van der Waals surface area contributed by atoms with Crippen molar-refractivity contribution >= 4 is 23.5 Å². The number of aryl methyl sites for hydroxylation is 2. The zero-order valence-corrected chi connectivity index (χ0v) is 18.7. The van der Waals surface area contributed by atoms with Crippen LogP contribution in [0.25, 0.3) is 0 Å². The number of ether oxygens (including phenoxy) is 2. The lowest BCUT2D eigenvalue weighted by atomic mass is 9.91. The second-order valence-electron chi connectivity index (χ2n) is 7.90. The summed E-state index contributed by atoms with van der Waals surface area (Å²) in [7, 11) is 1.75. The second-order valence-corrected chi connectivity index (χ2v) is 7.90. The normalized spacial score (nSPS) is 13.1. The number of hydrogen-bond acceptors (Lipinski definition) is 6. The van der Waals surface area contributed by atoms with Crippen molar-refractivity contribution in [3.05, 3.63) is 47.0 Å². The highest BCUT2D eigenvalue weighted by Crippen LogP contribution is 2.34. The van der Waals surface area contributed by atoms with E-state index in [9.17, 15) is 19.5 Å². The highest BCUT2D eigenvalue weighted by Gasteiger charge is 2.28. The number of benzene rings is 2. The largest absolute Gasteiger partial charge is 0.507 e. The van der Waals surface area contributed by atoms with Crippen LogP contribution in [0.1, 0.15) is 47.7 Å². The SMILES string of the molecule is CCOC(=O)C(=O)Nc1cc(C)c(Oc2ccc(O)c(C(=O)N(C)C3CCC3)c2)c(C)c1. The molecule has 2 N–H and O–H groups in total. The van der Waals surface area contributed by atoms with Gasteiger partial charge in [-0.3, -0.25) is 9.59 Å². The first-order chi connectivity index (χ1) is 15.2. The summed E-state index contributed by atoms with van der Waals surface area (Å²) in [6.45, 7) is 5.35. The smallest absolute Gasteiger partial charge is 0.397 e. The molecule has 0 bridgehead atoms. The van der Waals surface area contributed by atoms with Gasteiger partial charge in [0.2, 0.25) is 0 Å². The van der Waals surface area contributed by atoms with Gasteiger partial charge in [-0.2, -0.15) is 0 Å². The van der Waals surface area contributed by atoms with E-state index in [1.165, 1.54) is 12.1 Å². The lowest BCUT2D eigenvalue weighted by Crippen LogP contribution is -2.41. The topological polar surface area (TPSA) is 105 Å². The molecule has 2 aromatic carbocycles. The Balaban J connectivity index is 1.79. The zero-order chi connectivity index (χ0) is 23.4. The van der Waals surface area contributed by atoms with E-state index >= 15 is 0 Å². The molecule has 0 aliphatic heterocycles. The fourth-order valence-corrected chi connectivity index (χ4v) is 3.56. The van der Waals surface area contributed by atoms with Crippen LogP contribution in [0, 0.1) is 13.8 Å². The average molecular weight is 440 g/mol. The molecule has 0 aromatic heterocycles.